The lowest BCUT2D eigenvalue weighted by molar-refractivity contribution is 0.0945. The van der Waals surface area contributed by atoms with Gasteiger partial charge >= 0.3 is 0 Å². The van der Waals surface area contributed by atoms with Crippen LogP contribution in [0.3, 0.4) is 0 Å². The highest BCUT2D eigenvalue weighted by Crippen LogP contribution is 2.23. The number of nitrogens with zero attached hydrogens (tertiary/aromatic N) is 2. The molecule has 0 aliphatic carbocycles. The molecule has 0 radical (unpaired) electrons. The molecule has 2 heterocycles. The van der Waals surface area contributed by atoms with E-state index in [4.69, 9.17) is 9.15 Å². The van der Waals surface area contributed by atoms with Gasteiger partial charge in [0.25, 0.3) is 5.91 Å². The third kappa shape index (κ3) is 3.96. The standard InChI is InChI=1S/C20H23N3O3/c1-3-4-5-12-21-20(24)18-14-17(19-7-6-13-26-19)22-23(18)15-8-10-16(25-2)11-9-15/h6-11,13-14H,3-5,12H2,1-2H3,(H,21,24). The summed E-state index contributed by atoms with van der Waals surface area (Å²) in [6.07, 6.45) is 4.76. The topological polar surface area (TPSA) is 69.3 Å². The molecule has 0 saturated carbocycles. The molecular weight excluding hydrogens is 330 g/mol. The molecule has 2 aromatic heterocycles. The quantitative estimate of drug-likeness (QED) is 0.620. The predicted octanol–water partition coefficient (Wildman–Crippen LogP) is 4.06. The van der Waals surface area contributed by atoms with Crippen molar-refractivity contribution in [1.29, 1.82) is 0 Å². The molecule has 3 aromatic rings. The number of hydrogen-bond donors (Lipinski definition) is 1. The lowest BCUT2D eigenvalue weighted by Gasteiger charge is -2.09. The van der Waals surface area contributed by atoms with Crippen LogP contribution in [-0.4, -0.2) is 29.3 Å². The van der Waals surface area contributed by atoms with Crippen LogP contribution in [0.25, 0.3) is 17.1 Å². The summed E-state index contributed by atoms with van der Waals surface area (Å²) in [7, 11) is 1.62. The van der Waals surface area contributed by atoms with E-state index in [0.717, 1.165) is 30.7 Å². The number of aromatic nitrogens is 2. The second kappa shape index (κ2) is 8.38. The van der Waals surface area contributed by atoms with Gasteiger partial charge in [-0.1, -0.05) is 19.8 Å². The molecule has 0 aliphatic rings. The van der Waals surface area contributed by atoms with Crippen molar-refractivity contribution in [2.24, 2.45) is 0 Å². The van der Waals surface area contributed by atoms with Crippen LogP contribution in [0.15, 0.2) is 53.1 Å². The molecule has 0 saturated heterocycles. The van der Waals surface area contributed by atoms with Gasteiger partial charge in [-0.15, -0.1) is 0 Å². The molecule has 1 aromatic carbocycles. The van der Waals surface area contributed by atoms with Gasteiger partial charge < -0.3 is 14.5 Å². The summed E-state index contributed by atoms with van der Waals surface area (Å²) in [6.45, 7) is 2.78. The smallest absolute Gasteiger partial charge is 0.270 e. The van der Waals surface area contributed by atoms with Gasteiger partial charge in [0.05, 0.1) is 19.1 Å². The number of furan rings is 1. The molecule has 26 heavy (non-hydrogen) atoms. The molecular formula is C20H23N3O3. The summed E-state index contributed by atoms with van der Waals surface area (Å²) in [5.41, 5.74) is 1.87. The normalized spacial score (nSPS) is 10.7. The Bertz CT molecular complexity index is 836. The SMILES string of the molecule is CCCCCNC(=O)c1cc(-c2ccco2)nn1-c1ccc(OC)cc1. The highest BCUT2D eigenvalue weighted by atomic mass is 16.5. The van der Waals surface area contributed by atoms with Crippen LogP contribution in [0.2, 0.25) is 0 Å². The number of carbonyl (C=O) groups is 1. The summed E-state index contributed by atoms with van der Waals surface area (Å²) < 4.78 is 12.3. The lowest BCUT2D eigenvalue weighted by Crippen LogP contribution is -2.26. The molecule has 0 bridgehead atoms. The van der Waals surface area contributed by atoms with Gasteiger partial charge in [-0.05, 0) is 42.8 Å². The van der Waals surface area contributed by atoms with E-state index in [2.05, 4.69) is 17.3 Å². The zero-order valence-corrected chi connectivity index (χ0v) is 15.1. The molecule has 6 nitrogen and oxygen atoms in total. The van der Waals surface area contributed by atoms with Crippen molar-refractivity contribution in [3.63, 3.8) is 0 Å². The molecule has 0 unspecified atom stereocenters. The summed E-state index contributed by atoms with van der Waals surface area (Å²) in [5.74, 6) is 1.22. The summed E-state index contributed by atoms with van der Waals surface area (Å²) >= 11 is 0. The van der Waals surface area contributed by atoms with Gasteiger partial charge in [-0.3, -0.25) is 4.79 Å². The first-order valence-electron chi connectivity index (χ1n) is 8.79. The average molecular weight is 353 g/mol. The zero-order chi connectivity index (χ0) is 18.4. The summed E-state index contributed by atoms with van der Waals surface area (Å²) in [4.78, 5) is 12.7. The van der Waals surface area contributed by atoms with Crippen LogP contribution < -0.4 is 10.1 Å². The van der Waals surface area contributed by atoms with E-state index in [9.17, 15) is 4.79 Å². The first-order valence-corrected chi connectivity index (χ1v) is 8.79. The van der Waals surface area contributed by atoms with Crippen molar-refractivity contribution in [1.82, 2.24) is 15.1 Å². The van der Waals surface area contributed by atoms with Crippen LogP contribution in [0.1, 0.15) is 36.7 Å². The summed E-state index contributed by atoms with van der Waals surface area (Å²) in [6, 6.07) is 12.8. The van der Waals surface area contributed by atoms with Crippen LogP contribution in [0, 0.1) is 0 Å². The van der Waals surface area contributed by atoms with E-state index in [1.165, 1.54) is 0 Å². The van der Waals surface area contributed by atoms with Crippen LogP contribution in [0.4, 0.5) is 0 Å². The summed E-state index contributed by atoms with van der Waals surface area (Å²) in [5, 5.41) is 7.54. The number of nitrogens with one attached hydrogen (secondary N) is 1. The number of methoxy groups -OCH3 is 1. The van der Waals surface area contributed by atoms with Crippen LogP contribution in [-0.2, 0) is 0 Å². The van der Waals surface area contributed by atoms with E-state index in [1.807, 2.05) is 30.3 Å². The Morgan fingerprint density at radius 3 is 2.69 bits per heavy atom. The fourth-order valence-corrected chi connectivity index (χ4v) is 2.68. The third-order valence-corrected chi connectivity index (χ3v) is 4.10. The molecule has 6 heteroatoms. The minimum Gasteiger partial charge on any atom is -0.497 e. The Morgan fingerprint density at radius 2 is 2.04 bits per heavy atom. The third-order valence-electron chi connectivity index (χ3n) is 4.10. The van der Waals surface area contributed by atoms with E-state index >= 15 is 0 Å². The minimum absolute atomic E-state index is 0.151. The maximum Gasteiger partial charge on any atom is 0.270 e. The Hall–Kier alpha value is -3.02. The van der Waals surface area contributed by atoms with Gasteiger partial charge in [0.1, 0.15) is 17.1 Å². The first kappa shape index (κ1) is 17.8. The van der Waals surface area contributed by atoms with Gasteiger partial charge in [0.15, 0.2) is 5.76 Å². The van der Waals surface area contributed by atoms with Crippen molar-refractivity contribution in [2.45, 2.75) is 26.2 Å². The average Bonchev–Trinajstić information content (AvgIpc) is 3.34. The predicted molar refractivity (Wildman–Crippen MR) is 99.7 cm³/mol. The minimum atomic E-state index is -0.151. The van der Waals surface area contributed by atoms with Crippen molar-refractivity contribution in [2.75, 3.05) is 13.7 Å². The van der Waals surface area contributed by atoms with Gasteiger partial charge in [-0.25, -0.2) is 4.68 Å². The molecule has 0 atom stereocenters. The molecule has 136 valence electrons. The highest BCUT2D eigenvalue weighted by Gasteiger charge is 2.18. The Kier molecular flexibility index (Phi) is 5.73. The number of benzene rings is 1. The molecule has 0 aliphatic heterocycles. The van der Waals surface area contributed by atoms with E-state index in [-0.39, 0.29) is 5.91 Å². The lowest BCUT2D eigenvalue weighted by atomic mass is 10.2. The van der Waals surface area contributed by atoms with Crippen molar-refractivity contribution < 1.29 is 13.9 Å². The second-order valence-corrected chi connectivity index (χ2v) is 5.96. The molecule has 0 spiro atoms. The Balaban J connectivity index is 1.91. The maximum absolute atomic E-state index is 12.7. The van der Waals surface area contributed by atoms with Crippen LogP contribution in [0.5, 0.6) is 5.75 Å². The largest absolute Gasteiger partial charge is 0.497 e. The van der Waals surface area contributed by atoms with Crippen molar-refractivity contribution >= 4 is 5.91 Å². The molecule has 0 fully saturated rings. The fraction of sp³-hybridized carbons (Fsp3) is 0.300. The number of amides is 1. The Morgan fingerprint density at radius 1 is 1.23 bits per heavy atom. The van der Waals surface area contributed by atoms with Gasteiger partial charge in [-0.2, -0.15) is 5.10 Å². The van der Waals surface area contributed by atoms with Gasteiger partial charge in [0, 0.05) is 12.6 Å². The number of rotatable bonds is 8. The molecule has 1 N–H and O–H groups in total. The van der Waals surface area contributed by atoms with Gasteiger partial charge in [0.2, 0.25) is 0 Å². The zero-order valence-electron chi connectivity index (χ0n) is 15.1. The van der Waals surface area contributed by atoms with E-state index in [1.54, 1.807) is 30.2 Å². The number of unbranched alkanes of at least 4 members (excludes halogenated alkanes) is 2. The second-order valence-electron chi connectivity index (χ2n) is 5.96. The number of hydrogen-bond acceptors (Lipinski definition) is 4. The van der Waals surface area contributed by atoms with E-state index < -0.39 is 0 Å². The monoisotopic (exact) mass is 353 g/mol. The Labute approximate surface area is 152 Å². The maximum atomic E-state index is 12.7. The molecule has 3 rings (SSSR count). The van der Waals surface area contributed by atoms with Crippen LogP contribution >= 0.6 is 0 Å². The van der Waals surface area contributed by atoms with Crippen molar-refractivity contribution in [3.8, 4) is 22.9 Å². The first-order chi connectivity index (χ1) is 12.7. The fourth-order valence-electron chi connectivity index (χ4n) is 2.68. The van der Waals surface area contributed by atoms with Crippen molar-refractivity contribution in [3.05, 3.63) is 54.4 Å². The highest BCUT2D eigenvalue weighted by molar-refractivity contribution is 5.94. The molecule has 1 amide bonds. The van der Waals surface area contributed by atoms with E-state index in [0.29, 0.717) is 23.7 Å². The number of carbonyl (C=O) groups excluding carboxylic acids is 1. The number of ether oxygens (including phenoxy) is 1.